The molecule has 4 aliphatic carbocycles. The lowest BCUT2D eigenvalue weighted by Gasteiger charge is -2.58. The van der Waals surface area contributed by atoms with Crippen molar-refractivity contribution < 1.29 is 28.4 Å². The Morgan fingerprint density at radius 2 is 1.49 bits per heavy atom. The summed E-state index contributed by atoms with van der Waals surface area (Å²) in [4.78, 5) is 2.44. The minimum atomic E-state index is -0.0213. The van der Waals surface area contributed by atoms with E-state index in [9.17, 15) is 0 Å². The van der Waals surface area contributed by atoms with E-state index in [1.54, 1.807) is 5.57 Å². The maximum Gasteiger partial charge on any atom is 0.146 e. The zero-order valence-corrected chi connectivity index (χ0v) is 43.5. The third-order valence-corrected chi connectivity index (χ3v) is 17.4. The number of allylic oxidation sites excluding steroid dienone is 5. The second-order valence-electron chi connectivity index (χ2n) is 22.5. The summed E-state index contributed by atoms with van der Waals surface area (Å²) in [6, 6.07) is 0. The first-order valence-corrected chi connectivity index (χ1v) is 27.9. The molecule has 0 aromatic carbocycles. The van der Waals surface area contributed by atoms with Crippen LogP contribution in [-0.4, -0.2) is 96.4 Å². The molecule has 1 heterocycles. The Bertz CT molecular complexity index is 1350. The molecular formula is C58H103NO6. The lowest BCUT2D eigenvalue weighted by atomic mass is 9.47. The number of fused-ring (bicyclic) bond motifs is 5. The quantitative estimate of drug-likeness (QED) is 0.0357. The van der Waals surface area contributed by atoms with Crippen molar-refractivity contribution in [1.82, 2.24) is 4.90 Å². The number of methoxy groups -OCH3 is 1. The van der Waals surface area contributed by atoms with Crippen molar-refractivity contribution in [2.24, 2.45) is 46.3 Å². The number of likely N-dealkylation sites (tertiary alicyclic amines) is 1. The average Bonchev–Trinajstić information content (AvgIpc) is 3.91. The predicted molar refractivity (Wildman–Crippen MR) is 271 cm³/mol. The van der Waals surface area contributed by atoms with Crippen molar-refractivity contribution in [3.8, 4) is 0 Å². The molecule has 7 nitrogen and oxygen atoms in total. The molecule has 0 aromatic rings. The molecule has 0 bridgehead atoms. The molecular weight excluding hydrogens is 807 g/mol. The molecule has 1 saturated heterocycles. The van der Waals surface area contributed by atoms with Gasteiger partial charge >= 0.3 is 0 Å². The highest BCUT2D eigenvalue weighted by molar-refractivity contribution is 5.25. The van der Waals surface area contributed by atoms with Crippen molar-refractivity contribution in [2.45, 2.75) is 214 Å². The van der Waals surface area contributed by atoms with Gasteiger partial charge in [0.2, 0.25) is 0 Å². The average molecular weight is 910 g/mol. The van der Waals surface area contributed by atoms with E-state index in [2.05, 4.69) is 76.8 Å². The Morgan fingerprint density at radius 1 is 0.723 bits per heavy atom. The lowest BCUT2D eigenvalue weighted by Crippen LogP contribution is -2.51. The van der Waals surface area contributed by atoms with E-state index in [1.807, 2.05) is 7.11 Å². The normalized spacial score (nSPS) is 30.3. The van der Waals surface area contributed by atoms with E-state index >= 15 is 0 Å². The molecule has 0 aromatic heterocycles. The Balaban J connectivity index is 0.903. The fourth-order valence-corrected chi connectivity index (χ4v) is 13.5. The third kappa shape index (κ3) is 18.0. The third-order valence-electron chi connectivity index (χ3n) is 17.4. The molecule has 5 aliphatic rings. The molecule has 4 fully saturated rings. The van der Waals surface area contributed by atoms with E-state index in [-0.39, 0.29) is 6.10 Å². The van der Waals surface area contributed by atoms with Crippen LogP contribution in [-0.2, 0) is 28.4 Å². The summed E-state index contributed by atoms with van der Waals surface area (Å²) in [6.45, 7) is 21.8. The van der Waals surface area contributed by atoms with Gasteiger partial charge in [-0.05, 0) is 143 Å². The van der Waals surface area contributed by atoms with Crippen LogP contribution >= 0.6 is 0 Å². The molecule has 1 aliphatic heterocycles. The minimum absolute atomic E-state index is 0.0213. The van der Waals surface area contributed by atoms with Gasteiger partial charge in [0.15, 0.2) is 0 Å². The smallest absolute Gasteiger partial charge is 0.146 e. The van der Waals surface area contributed by atoms with Gasteiger partial charge in [-0.25, -0.2) is 0 Å². The molecule has 10 atom stereocenters. The summed E-state index contributed by atoms with van der Waals surface area (Å²) in [6.07, 6.45) is 43.7. The largest absolute Gasteiger partial charge is 0.380 e. The Labute approximate surface area is 401 Å². The summed E-state index contributed by atoms with van der Waals surface area (Å²) < 4.78 is 36.4. The summed E-state index contributed by atoms with van der Waals surface area (Å²) in [7, 11) is 1.82. The second-order valence-corrected chi connectivity index (χ2v) is 22.5. The monoisotopic (exact) mass is 910 g/mol. The number of hydrogen-bond donors (Lipinski definition) is 0. The van der Waals surface area contributed by atoms with E-state index in [0.717, 1.165) is 87.4 Å². The van der Waals surface area contributed by atoms with Crippen LogP contribution in [0.25, 0.3) is 0 Å². The lowest BCUT2D eigenvalue weighted by molar-refractivity contribution is -0.105. The van der Waals surface area contributed by atoms with Crippen molar-refractivity contribution >= 4 is 0 Å². The van der Waals surface area contributed by atoms with E-state index < -0.39 is 0 Å². The van der Waals surface area contributed by atoms with Crippen molar-refractivity contribution in [3.05, 3.63) is 36.0 Å². The van der Waals surface area contributed by atoms with Crippen LogP contribution in [0.4, 0.5) is 0 Å². The van der Waals surface area contributed by atoms with Crippen molar-refractivity contribution in [2.75, 3.05) is 73.2 Å². The van der Waals surface area contributed by atoms with Crippen LogP contribution in [0.1, 0.15) is 196 Å². The number of hydrogen-bond acceptors (Lipinski definition) is 7. The molecule has 7 heteroatoms. The van der Waals surface area contributed by atoms with Gasteiger partial charge in [-0.2, -0.15) is 0 Å². The molecule has 65 heavy (non-hydrogen) atoms. The van der Waals surface area contributed by atoms with Gasteiger partial charge in [0.05, 0.1) is 51.3 Å². The van der Waals surface area contributed by atoms with Gasteiger partial charge in [0, 0.05) is 33.4 Å². The van der Waals surface area contributed by atoms with Crippen LogP contribution in [0.2, 0.25) is 0 Å². The Kier molecular flexibility index (Phi) is 25.8. The maximum absolute atomic E-state index is 6.51. The number of unbranched alkanes of at least 4 members (excludes halogenated alkanes) is 9. The molecule has 5 rings (SSSR count). The van der Waals surface area contributed by atoms with Gasteiger partial charge < -0.3 is 28.4 Å². The van der Waals surface area contributed by atoms with Crippen LogP contribution in [0.3, 0.4) is 0 Å². The second kappa shape index (κ2) is 30.5. The SMILES string of the molecule is CCCCC/C=C\C/C=C\CCCCCCCCOCOCC(CN1CCC(OC)C1)OCCOCCO[C@H]1CC[C@@]2(C)C(=CC[C@H]3[C@@H]4CC[C@H]([C@H](C)CCCC(C)C)[C@@]4(C)CC[C@@H]32)C1. The minimum Gasteiger partial charge on any atom is -0.380 e. The molecule has 0 N–H and O–H groups in total. The highest BCUT2D eigenvalue weighted by atomic mass is 16.7. The molecule has 0 spiro atoms. The van der Waals surface area contributed by atoms with Gasteiger partial charge in [-0.1, -0.05) is 135 Å². The first-order chi connectivity index (χ1) is 31.7. The van der Waals surface area contributed by atoms with E-state index in [0.29, 0.717) is 62.9 Å². The summed E-state index contributed by atoms with van der Waals surface area (Å²) >= 11 is 0. The van der Waals surface area contributed by atoms with E-state index in [4.69, 9.17) is 28.4 Å². The van der Waals surface area contributed by atoms with Gasteiger partial charge in [0.25, 0.3) is 0 Å². The topological polar surface area (TPSA) is 58.6 Å². The molecule has 0 amide bonds. The zero-order valence-electron chi connectivity index (χ0n) is 43.5. The Morgan fingerprint density at radius 3 is 2.26 bits per heavy atom. The number of rotatable bonds is 35. The van der Waals surface area contributed by atoms with Crippen LogP contribution in [0, 0.1) is 46.3 Å². The predicted octanol–water partition coefficient (Wildman–Crippen LogP) is 14.3. The molecule has 3 saturated carbocycles. The van der Waals surface area contributed by atoms with Gasteiger partial charge in [0.1, 0.15) is 6.79 Å². The van der Waals surface area contributed by atoms with Crippen LogP contribution < -0.4 is 0 Å². The summed E-state index contributed by atoms with van der Waals surface area (Å²) in [5.41, 5.74) is 2.64. The van der Waals surface area contributed by atoms with Gasteiger partial charge in [-0.3, -0.25) is 4.90 Å². The zero-order chi connectivity index (χ0) is 46.2. The first-order valence-electron chi connectivity index (χ1n) is 27.9. The fraction of sp³-hybridized carbons (Fsp3) is 0.897. The summed E-state index contributed by atoms with van der Waals surface area (Å²) in [5.74, 6) is 5.31. The molecule has 376 valence electrons. The number of nitrogens with zero attached hydrogens (tertiary/aromatic N) is 1. The first kappa shape index (κ1) is 54.9. The summed E-state index contributed by atoms with van der Waals surface area (Å²) in [5, 5.41) is 0. The van der Waals surface area contributed by atoms with Crippen LogP contribution in [0.15, 0.2) is 36.0 Å². The fourth-order valence-electron chi connectivity index (χ4n) is 13.5. The highest BCUT2D eigenvalue weighted by Gasteiger charge is 2.59. The van der Waals surface area contributed by atoms with Crippen molar-refractivity contribution in [1.29, 1.82) is 0 Å². The number of ether oxygens (including phenoxy) is 6. The van der Waals surface area contributed by atoms with Crippen molar-refractivity contribution in [3.63, 3.8) is 0 Å². The standard InChI is InChI=1S/C58H103NO6/c1-8-9-10-11-12-13-14-15-16-17-18-19-20-21-22-23-37-62-46-63-45-52(44-59-36-33-51(43-59)60-7)65-41-39-61-38-40-64-50-31-34-57(5)49(42-50)27-28-53-55-30-29-54(48(4)26-24-25-47(2)3)58(55,6)35-32-56(53)57/h12-13,15-16,27,47-48,50-56H,8-11,14,17-26,28-46H2,1-7H3/b13-12-,16-15-/t48-,50+,51?,52?,53+,54-,55+,56+,57+,58-/m1/s1. The Hall–Kier alpha value is -1.06. The molecule has 2 unspecified atom stereocenters. The van der Waals surface area contributed by atoms with E-state index in [1.165, 1.54) is 128 Å². The molecule has 0 radical (unpaired) electrons. The van der Waals surface area contributed by atoms with Crippen LogP contribution in [0.5, 0.6) is 0 Å². The maximum atomic E-state index is 6.51. The van der Waals surface area contributed by atoms with Gasteiger partial charge in [-0.15, -0.1) is 0 Å². The highest BCUT2D eigenvalue weighted by Crippen LogP contribution is 2.67.